The molecule has 0 radical (unpaired) electrons. The molecule has 0 aliphatic carbocycles. The fraction of sp³-hybridized carbons (Fsp3) is 0.294. The lowest BCUT2D eigenvalue weighted by Crippen LogP contribution is -2.47. The molecule has 0 fully saturated rings. The fourth-order valence-electron chi connectivity index (χ4n) is 2.68. The molecular formula is C17H19N5O2S. The number of aryl methyl sites for hydroxylation is 1. The summed E-state index contributed by atoms with van der Waals surface area (Å²) in [5, 5.41) is 2.83. The van der Waals surface area contributed by atoms with Crippen LogP contribution < -0.4 is 11.1 Å². The summed E-state index contributed by atoms with van der Waals surface area (Å²) >= 11 is 1.28. The summed E-state index contributed by atoms with van der Waals surface area (Å²) in [4.78, 5) is 31.2. The van der Waals surface area contributed by atoms with Crippen molar-refractivity contribution >= 4 is 35.0 Å². The number of nitrogens with one attached hydrogen (secondary N) is 1. The number of hydrogen-bond donors (Lipinski definition) is 2. The Hall–Kier alpha value is -2.74. The zero-order valence-corrected chi connectivity index (χ0v) is 15.1. The maximum absolute atomic E-state index is 12.3. The first kappa shape index (κ1) is 17.1. The van der Waals surface area contributed by atoms with E-state index in [0.29, 0.717) is 11.4 Å². The number of aliphatic imine (C=N–C) groups is 1. The number of hydrogen-bond acceptors (Lipinski definition) is 6. The lowest BCUT2D eigenvalue weighted by Gasteiger charge is -2.33. The zero-order valence-electron chi connectivity index (χ0n) is 14.2. The molecule has 1 aliphatic heterocycles. The Morgan fingerprint density at radius 3 is 2.80 bits per heavy atom. The van der Waals surface area contributed by atoms with Crippen LogP contribution in [-0.2, 0) is 10.3 Å². The largest absolute Gasteiger partial charge is 0.369 e. The Balaban J connectivity index is 1.87. The van der Waals surface area contributed by atoms with Crippen molar-refractivity contribution < 1.29 is 9.59 Å². The van der Waals surface area contributed by atoms with Gasteiger partial charge in [-0.05, 0) is 49.1 Å². The highest BCUT2D eigenvalue weighted by molar-refractivity contribution is 7.05. The molecule has 7 nitrogen and oxygen atoms in total. The smallest absolute Gasteiger partial charge is 0.275 e. The van der Waals surface area contributed by atoms with Gasteiger partial charge in [0.05, 0.1) is 12.0 Å². The summed E-state index contributed by atoms with van der Waals surface area (Å²) in [5.74, 6) is -0.178. The van der Waals surface area contributed by atoms with Gasteiger partial charge in [-0.3, -0.25) is 14.5 Å². The van der Waals surface area contributed by atoms with Gasteiger partial charge in [-0.2, -0.15) is 4.37 Å². The Morgan fingerprint density at radius 2 is 2.16 bits per heavy atom. The van der Waals surface area contributed by atoms with E-state index in [1.54, 1.807) is 19.2 Å². The molecule has 1 aromatic carbocycles. The van der Waals surface area contributed by atoms with Gasteiger partial charge in [0.15, 0.2) is 5.96 Å². The van der Waals surface area contributed by atoms with Gasteiger partial charge in [-0.25, -0.2) is 4.99 Å². The molecule has 0 saturated carbocycles. The minimum atomic E-state index is -0.758. The molecule has 0 bridgehead atoms. The van der Waals surface area contributed by atoms with Crippen molar-refractivity contribution in [2.75, 3.05) is 12.4 Å². The van der Waals surface area contributed by atoms with E-state index in [9.17, 15) is 9.59 Å². The van der Waals surface area contributed by atoms with Crippen LogP contribution in [0.25, 0.3) is 0 Å². The first-order valence-electron chi connectivity index (χ1n) is 7.75. The van der Waals surface area contributed by atoms with Crippen molar-refractivity contribution in [1.82, 2.24) is 9.27 Å². The number of amides is 2. The molecule has 0 saturated heterocycles. The van der Waals surface area contributed by atoms with Crippen LogP contribution in [-0.4, -0.2) is 34.1 Å². The van der Waals surface area contributed by atoms with Gasteiger partial charge >= 0.3 is 0 Å². The van der Waals surface area contributed by atoms with Gasteiger partial charge in [-0.15, -0.1) is 0 Å². The van der Waals surface area contributed by atoms with E-state index in [4.69, 9.17) is 5.73 Å². The molecule has 1 atom stereocenters. The van der Waals surface area contributed by atoms with Crippen molar-refractivity contribution in [2.24, 2.45) is 10.7 Å². The van der Waals surface area contributed by atoms with Crippen LogP contribution in [0, 0.1) is 6.92 Å². The van der Waals surface area contributed by atoms with Gasteiger partial charge in [0.2, 0.25) is 5.91 Å². The standard InChI is InChI=1S/C17H19N5O2S/c1-10-7-13(21-25-10)15(24)19-12-6-4-5-11(8-12)17(2)9-14(23)22(3)16(18)20-17/h4-8H,9H2,1-3H3,(H2,18,20)(H,19,24). The monoisotopic (exact) mass is 357 g/mol. The summed E-state index contributed by atoms with van der Waals surface area (Å²) in [6.07, 6.45) is 0.215. The van der Waals surface area contributed by atoms with Crippen LogP contribution in [0.15, 0.2) is 35.3 Å². The Labute approximate surface area is 149 Å². The molecular weight excluding hydrogens is 338 g/mol. The molecule has 2 aromatic rings. The third kappa shape index (κ3) is 3.39. The van der Waals surface area contributed by atoms with Gasteiger partial charge in [0, 0.05) is 17.6 Å². The van der Waals surface area contributed by atoms with Gasteiger partial charge in [0.25, 0.3) is 5.91 Å². The summed E-state index contributed by atoms with van der Waals surface area (Å²) in [5.41, 5.74) is 6.91. The maximum Gasteiger partial charge on any atom is 0.275 e. The van der Waals surface area contributed by atoms with Gasteiger partial charge in [0.1, 0.15) is 5.69 Å². The molecule has 8 heteroatoms. The second-order valence-electron chi connectivity index (χ2n) is 6.23. The normalized spacial score (nSPS) is 20.4. The predicted octanol–water partition coefficient (Wildman–Crippen LogP) is 2.10. The molecule has 1 unspecified atom stereocenters. The molecule has 2 heterocycles. The van der Waals surface area contributed by atoms with Gasteiger partial charge in [-0.1, -0.05) is 12.1 Å². The maximum atomic E-state index is 12.3. The van der Waals surface area contributed by atoms with Crippen molar-refractivity contribution in [3.63, 3.8) is 0 Å². The van der Waals surface area contributed by atoms with Crippen molar-refractivity contribution in [3.8, 4) is 0 Å². The number of benzene rings is 1. The average Bonchev–Trinajstić information content (AvgIpc) is 2.99. The van der Waals surface area contributed by atoms with Crippen LogP contribution in [0.5, 0.6) is 0 Å². The van der Waals surface area contributed by atoms with Crippen LogP contribution in [0.4, 0.5) is 5.69 Å². The molecule has 1 aromatic heterocycles. The number of aromatic nitrogens is 1. The first-order chi connectivity index (χ1) is 11.8. The van der Waals surface area contributed by atoms with E-state index < -0.39 is 5.54 Å². The van der Waals surface area contributed by atoms with Crippen LogP contribution in [0.1, 0.15) is 34.3 Å². The van der Waals surface area contributed by atoms with Crippen LogP contribution >= 0.6 is 11.5 Å². The summed E-state index contributed by atoms with van der Waals surface area (Å²) in [6.45, 7) is 3.75. The third-order valence-corrected chi connectivity index (χ3v) is 4.87. The fourth-order valence-corrected chi connectivity index (χ4v) is 3.22. The number of guanidine groups is 1. The van der Waals surface area contributed by atoms with Crippen molar-refractivity contribution in [2.45, 2.75) is 25.8 Å². The van der Waals surface area contributed by atoms with Crippen LogP contribution in [0.2, 0.25) is 0 Å². The lowest BCUT2D eigenvalue weighted by molar-refractivity contribution is -0.128. The van der Waals surface area contributed by atoms with Crippen LogP contribution in [0.3, 0.4) is 0 Å². The molecule has 25 heavy (non-hydrogen) atoms. The minimum absolute atomic E-state index is 0.0950. The number of carbonyl (C=O) groups excluding carboxylic acids is 2. The number of carbonyl (C=O) groups is 2. The molecule has 0 spiro atoms. The summed E-state index contributed by atoms with van der Waals surface area (Å²) in [6, 6.07) is 9.03. The minimum Gasteiger partial charge on any atom is -0.369 e. The first-order valence-corrected chi connectivity index (χ1v) is 8.53. The highest BCUT2D eigenvalue weighted by Crippen LogP contribution is 2.34. The molecule has 2 amide bonds. The van der Waals surface area contributed by atoms with Gasteiger partial charge < -0.3 is 11.1 Å². The van der Waals surface area contributed by atoms with Crippen molar-refractivity contribution in [3.05, 3.63) is 46.5 Å². The van der Waals surface area contributed by atoms with E-state index in [1.807, 2.05) is 32.0 Å². The molecule has 130 valence electrons. The van der Waals surface area contributed by atoms with E-state index in [1.165, 1.54) is 16.4 Å². The van der Waals surface area contributed by atoms with E-state index >= 15 is 0 Å². The lowest BCUT2D eigenvalue weighted by atomic mass is 9.87. The third-order valence-electron chi connectivity index (χ3n) is 4.18. The van der Waals surface area contributed by atoms with Crippen molar-refractivity contribution in [1.29, 1.82) is 0 Å². The molecule has 3 N–H and O–H groups in total. The number of nitrogens with two attached hydrogens (primary N) is 1. The Kier molecular flexibility index (Phi) is 4.30. The average molecular weight is 357 g/mol. The predicted molar refractivity (Wildman–Crippen MR) is 97.6 cm³/mol. The highest BCUT2D eigenvalue weighted by Gasteiger charge is 2.36. The number of rotatable bonds is 3. The second kappa shape index (κ2) is 6.29. The van der Waals surface area contributed by atoms with E-state index in [2.05, 4.69) is 14.7 Å². The molecule has 3 rings (SSSR count). The van der Waals surface area contributed by atoms with E-state index in [-0.39, 0.29) is 24.2 Å². The Morgan fingerprint density at radius 1 is 1.40 bits per heavy atom. The SMILES string of the molecule is Cc1cc(C(=O)Nc2cccc(C3(C)CC(=O)N(C)C(N)=N3)c2)ns1. The van der Waals surface area contributed by atoms with E-state index in [0.717, 1.165) is 10.4 Å². The topological polar surface area (TPSA) is 101 Å². The summed E-state index contributed by atoms with van der Waals surface area (Å²) < 4.78 is 4.11. The zero-order chi connectivity index (χ0) is 18.2. The number of anilines is 1. The summed E-state index contributed by atoms with van der Waals surface area (Å²) in [7, 11) is 1.60. The molecule has 1 aliphatic rings. The second-order valence-corrected chi connectivity index (χ2v) is 7.24. The Bertz CT molecular complexity index is 875. The highest BCUT2D eigenvalue weighted by atomic mass is 32.1. The quantitative estimate of drug-likeness (QED) is 0.878. The number of nitrogens with zero attached hydrogens (tertiary/aromatic N) is 3.